The van der Waals surface area contributed by atoms with Crippen LogP contribution in [0.2, 0.25) is 0 Å². The number of fused-ring (bicyclic) bond motifs is 1. The summed E-state index contributed by atoms with van der Waals surface area (Å²) >= 11 is 0. The van der Waals surface area contributed by atoms with Crippen LogP contribution >= 0.6 is 0 Å². The zero-order valence-corrected chi connectivity index (χ0v) is 9.30. The van der Waals surface area contributed by atoms with Crippen molar-refractivity contribution in [2.45, 2.75) is 13.1 Å². The number of hydrogen-bond donors (Lipinski definition) is 0. The minimum atomic E-state index is -4.42. The zero-order chi connectivity index (χ0) is 12.8. The molecule has 2 rings (SSSR count). The van der Waals surface area contributed by atoms with Crippen LogP contribution in [0.15, 0.2) is 18.2 Å². The van der Waals surface area contributed by atoms with Crippen LogP contribution in [0.1, 0.15) is 21.6 Å². The Morgan fingerprint density at radius 3 is 2.47 bits per heavy atom. The van der Waals surface area contributed by atoms with Crippen LogP contribution in [0.4, 0.5) is 13.2 Å². The van der Waals surface area contributed by atoms with Gasteiger partial charge in [0.25, 0.3) is 0 Å². The maximum Gasteiger partial charge on any atom is 0.418 e. The summed E-state index contributed by atoms with van der Waals surface area (Å²) in [6.45, 7) is 1.65. The fourth-order valence-corrected chi connectivity index (χ4v) is 2.11. The first-order chi connectivity index (χ1) is 7.88. The van der Waals surface area contributed by atoms with Crippen LogP contribution in [-0.4, -0.2) is 10.9 Å². The summed E-state index contributed by atoms with van der Waals surface area (Å²) in [6, 6.07) is 3.97. The molecular formula is C12H10F3NO. The molecule has 1 aromatic carbocycles. The van der Waals surface area contributed by atoms with Gasteiger partial charge in [-0.1, -0.05) is 12.1 Å². The van der Waals surface area contributed by atoms with Gasteiger partial charge in [-0.2, -0.15) is 13.2 Å². The van der Waals surface area contributed by atoms with E-state index in [0.717, 1.165) is 6.07 Å². The fraction of sp³-hybridized carbons (Fsp3) is 0.250. The van der Waals surface area contributed by atoms with Crippen LogP contribution in [0.5, 0.6) is 0 Å². The van der Waals surface area contributed by atoms with E-state index in [1.165, 1.54) is 17.7 Å². The van der Waals surface area contributed by atoms with Gasteiger partial charge in [0, 0.05) is 12.4 Å². The lowest BCUT2D eigenvalue weighted by molar-refractivity contribution is -0.136. The Bertz CT molecular complexity index is 596. The summed E-state index contributed by atoms with van der Waals surface area (Å²) in [5, 5.41) is 0.462. The third-order valence-corrected chi connectivity index (χ3v) is 2.94. The third kappa shape index (κ3) is 1.62. The Balaban J connectivity index is 2.95. The molecule has 1 heterocycles. The van der Waals surface area contributed by atoms with Crippen LogP contribution in [-0.2, 0) is 13.2 Å². The summed E-state index contributed by atoms with van der Waals surface area (Å²) in [7, 11) is 1.47. The summed E-state index contributed by atoms with van der Waals surface area (Å²) < 4.78 is 39.8. The van der Waals surface area contributed by atoms with Crippen molar-refractivity contribution in [2.75, 3.05) is 0 Å². The number of aromatic nitrogens is 1. The maximum absolute atomic E-state index is 12.8. The number of carbonyl (C=O) groups excluding carboxylic acids is 1. The molecule has 0 fully saturated rings. The number of aryl methyl sites for hydroxylation is 2. The van der Waals surface area contributed by atoms with Gasteiger partial charge in [-0.15, -0.1) is 0 Å². The van der Waals surface area contributed by atoms with E-state index in [2.05, 4.69) is 0 Å². The molecule has 0 unspecified atom stereocenters. The molecule has 0 N–H and O–H groups in total. The molecule has 0 atom stereocenters. The van der Waals surface area contributed by atoms with Gasteiger partial charge in [-0.3, -0.25) is 4.79 Å². The van der Waals surface area contributed by atoms with Gasteiger partial charge in [-0.05, 0) is 18.6 Å². The Kier molecular flexibility index (Phi) is 2.49. The van der Waals surface area contributed by atoms with E-state index in [0.29, 0.717) is 17.2 Å². The van der Waals surface area contributed by atoms with E-state index in [4.69, 9.17) is 0 Å². The second kappa shape index (κ2) is 3.61. The van der Waals surface area contributed by atoms with E-state index in [1.54, 1.807) is 13.0 Å². The lowest BCUT2D eigenvalue weighted by atomic mass is 10.1. The molecule has 17 heavy (non-hydrogen) atoms. The zero-order valence-electron chi connectivity index (χ0n) is 9.30. The average Bonchev–Trinajstić information content (AvgIpc) is 2.50. The predicted molar refractivity (Wildman–Crippen MR) is 58.0 cm³/mol. The van der Waals surface area contributed by atoms with E-state index in [9.17, 15) is 18.0 Å². The molecule has 5 heteroatoms. The Hall–Kier alpha value is -1.78. The van der Waals surface area contributed by atoms with Crippen molar-refractivity contribution in [3.8, 4) is 0 Å². The van der Waals surface area contributed by atoms with Crippen LogP contribution in [0.3, 0.4) is 0 Å². The van der Waals surface area contributed by atoms with Crippen LogP contribution in [0, 0.1) is 6.92 Å². The highest BCUT2D eigenvalue weighted by molar-refractivity contribution is 5.94. The smallest absolute Gasteiger partial charge is 0.341 e. The number of nitrogens with zero attached hydrogens (tertiary/aromatic N) is 1. The van der Waals surface area contributed by atoms with Crippen molar-refractivity contribution in [1.29, 1.82) is 0 Å². The van der Waals surface area contributed by atoms with E-state index < -0.39 is 11.7 Å². The van der Waals surface area contributed by atoms with Crippen molar-refractivity contribution in [3.63, 3.8) is 0 Å². The quantitative estimate of drug-likeness (QED) is 0.702. The number of hydrogen-bond acceptors (Lipinski definition) is 1. The Labute approximate surface area is 95.7 Å². The third-order valence-electron chi connectivity index (χ3n) is 2.94. The summed E-state index contributed by atoms with van der Waals surface area (Å²) in [5.74, 6) is 0. The second-order valence-corrected chi connectivity index (χ2v) is 3.89. The number of para-hydroxylation sites is 1. The van der Waals surface area contributed by atoms with Crippen LogP contribution in [0.25, 0.3) is 10.9 Å². The van der Waals surface area contributed by atoms with Gasteiger partial charge in [0.1, 0.15) is 0 Å². The molecule has 2 nitrogen and oxygen atoms in total. The van der Waals surface area contributed by atoms with Gasteiger partial charge in [0.2, 0.25) is 0 Å². The monoisotopic (exact) mass is 241 g/mol. The molecular weight excluding hydrogens is 231 g/mol. The second-order valence-electron chi connectivity index (χ2n) is 3.89. The first kappa shape index (κ1) is 11.7. The number of halogens is 3. The van der Waals surface area contributed by atoms with E-state index in [-0.39, 0.29) is 11.2 Å². The lowest BCUT2D eigenvalue weighted by Crippen LogP contribution is -2.08. The summed E-state index contributed by atoms with van der Waals surface area (Å²) in [5.41, 5.74) is 0.189. The van der Waals surface area contributed by atoms with Crippen LogP contribution < -0.4 is 0 Å². The highest BCUT2D eigenvalue weighted by atomic mass is 19.4. The number of rotatable bonds is 1. The van der Waals surface area contributed by atoms with Gasteiger partial charge < -0.3 is 4.57 Å². The summed E-state index contributed by atoms with van der Waals surface area (Å²) in [4.78, 5) is 10.9. The van der Waals surface area contributed by atoms with Gasteiger partial charge in [-0.25, -0.2) is 0 Å². The van der Waals surface area contributed by atoms with Crippen molar-refractivity contribution in [1.82, 2.24) is 4.57 Å². The van der Waals surface area contributed by atoms with E-state index >= 15 is 0 Å². The number of carbonyl (C=O) groups is 1. The highest BCUT2D eigenvalue weighted by Gasteiger charge is 2.34. The molecule has 0 aliphatic rings. The molecule has 0 bridgehead atoms. The molecule has 0 spiro atoms. The highest BCUT2D eigenvalue weighted by Crippen LogP contribution is 2.36. The van der Waals surface area contributed by atoms with Crippen molar-refractivity contribution < 1.29 is 18.0 Å². The largest absolute Gasteiger partial charge is 0.418 e. The molecule has 0 amide bonds. The average molecular weight is 241 g/mol. The van der Waals surface area contributed by atoms with Crippen molar-refractivity contribution >= 4 is 17.2 Å². The molecule has 90 valence electrons. The number of aldehydes is 1. The normalized spacial score (nSPS) is 12.1. The molecule has 0 aliphatic carbocycles. The van der Waals surface area contributed by atoms with Crippen molar-refractivity contribution in [2.24, 2.45) is 7.05 Å². The lowest BCUT2D eigenvalue weighted by Gasteiger charge is -2.09. The Morgan fingerprint density at radius 1 is 1.29 bits per heavy atom. The minimum Gasteiger partial charge on any atom is -0.341 e. The van der Waals surface area contributed by atoms with Gasteiger partial charge >= 0.3 is 6.18 Å². The molecule has 0 radical (unpaired) electrons. The first-order valence-corrected chi connectivity index (χ1v) is 4.98. The topological polar surface area (TPSA) is 22.0 Å². The summed E-state index contributed by atoms with van der Waals surface area (Å²) in [6.07, 6.45) is -3.84. The van der Waals surface area contributed by atoms with Crippen molar-refractivity contribution in [3.05, 3.63) is 35.0 Å². The fourth-order valence-electron chi connectivity index (χ4n) is 2.11. The molecule has 0 saturated carbocycles. The molecule has 1 aromatic heterocycles. The maximum atomic E-state index is 12.8. The number of alkyl halides is 3. The molecule has 2 aromatic rings. The van der Waals surface area contributed by atoms with Gasteiger partial charge in [0.15, 0.2) is 6.29 Å². The predicted octanol–water partition coefficient (Wildman–Crippen LogP) is 3.32. The Morgan fingerprint density at radius 2 is 1.94 bits per heavy atom. The molecule has 0 saturated heterocycles. The molecule has 0 aliphatic heterocycles. The first-order valence-electron chi connectivity index (χ1n) is 4.98. The standard InChI is InChI=1S/C12H10F3NO/c1-7-8-4-3-5-9(12(13,14)15)11(8)16(2)10(7)6-17/h3-6H,1-2H3. The minimum absolute atomic E-state index is 0.0552. The number of benzene rings is 1. The van der Waals surface area contributed by atoms with E-state index in [1.807, 2.05) is 0 Å². The van der Waals surface area contributed by atoms with Gasteiger partial charge in [0.05, 0.1) is 16.8 Å². The SMILES string of the molecule is Cc1c(C=O)n(C)c2c(C(F)(F)F)cccc12.